The fourth-order valence-electron chi connectivity index (χ4n) is 2.43. The van der Waals surface area contributed by atoms with Crippen LogP contribution in [0.2, 0.25) is 0 Å². The van der Waals surface area contributed by atoms with Crippen LogP contribution in [0.15, 0.2) is 18.3 Å². The highest BCUT2D eigenvalue weighted by molar-refractivity contribution is 5.17. The predicted molar refractivity (Wildman–Crippen MR) is 73.6 cm³/mol. The van der Waals surface area contributed by atoms with Crippen molar-refractivity contribution >= 4 is 0 Å². The summed E-state index contributed by atoms with van der Waals surface area (Å²) >= 11 is 0. The van der Waals surface area contributed by atoms with E-state index in [4.69, 9.17) is 4.74 Å². The third-order valence-corrected chi connectivity index (χ3v) is 3.50. The lowest BCUT2D eigenvalue weighted by molar-refractivity contribution is 0.0945. The van der Waals surface area contributed by atoms with Crippen molar-refractivity contribution in [3.05, 3.63) is 29.6 Å². The Morgan fingerprint density at radius 1 is 1.50 bits per heavy atom. The molecule has 2 atom stereocenters. The van der Waals surface area contributed by atoms with E-state index in [-0.39, 0.29) is 0 Å². The average Bonchev–Trinajstić information content (AvgIpc) is 2.88. The van der Waals surface area contributed by atoms with Crippen LogP contribution in [-0.4, -0.2) is 24.2 Å². The van der Waals surface area contributed by atoms with E-state index in [1.54, 1.807) is 0 Å². The van der Waals surface area contributed by atoms with Crippen molar-refractivity contribution in [1.82, 2.24) is 10.3 Å². The number of pyridine rings is 1. The Hall–Kier alpha value is -0.930. The van der Waals surface area contributed by atoms with Gasteiger partial charge in [-0.05, 0) is 50.8 Å². The molecule has 2 heterocycles. The number of nitrogens with zero attached hydrogens (tertiary/aromatic N) is 1. The SMILES string of the molecule is CCCNC(CC1CCCO1)c1ccc(C)nc1. The van der Waals surface area contributed by atoms with Crippen molar-refractivity contribution in [2.75, 3.05) is 13.2 Å². The number of rotatable bonds is 6. The maximum absolute atomic E-state index is 5.75. The topological polar surface area (TPSA) is 34.1 Å². The molecule has 18 heavy (non-hydrogen) atoms. The normalized spacial score (nSPS) is 21.1. The molecule has 1 aromatic rings. The quantitative estimate of drug-likeness (QED) is 0.840. The number of hydrogen-bond donors (Lipinski definition) is 1. The van der Waals surface area contributed by atoms with Crippen LogP contribution in [0, 0.1) is 6.92 Å². The molecule has 100 valence electrons. The maximum atomic E-state index is 5.75. The van der Waals surface area contributed by atoms with Gasteiger partial charge in [-0.15, -0.1) is 0 Å². The molecule has 3 heteroatoms. The van der Waals surface area contributed by atoms with Gasteiger partial charge in [-0.2, -0.15) is 0 Å². The summed E-state index contributed by atoms with van der Waals surface area (Å²) in [6.45, 7) is 6.20. The summed E-state index contributed by atoms with van der Waals surface area (Å²) in [6.07, 6.45) is 7.03. The van der Waals surface area contributed by atoms with Crippen molar-refractivity contribution in [3.63, 3.8) is 0 Å². The van der Waals surface area contributed by atoms with Crippen molar-refractivity contribution in [2.45, 2.75) is 51.7 Å². The van der Waals surface area contributed by atoms with Gasteiger partial charge in [0.2, 0.25) is 0 Å². The van der Waals surface area contributed by atoms with Crippen LogP contribution in [0.5, 0.6) is 0 Å². The number of aryl methyl sites for hydroxylation is 1. The average molecular weight is 248 g/mol. The summed E-state index contributed by atoms with van der Waals surface area (Å²) in [4.78, 5) is 4.40. The highest BCUT2D eigenvalue weighted by Gasteiger charge is 2.21. The van der Waals surface area contributed by atoms with E-state index in [0.717, 1.165) is 31.7 Å². The Labute approximate surface area is 110 Å². The fourth-order valence-corrected chi connectivity index (χ4v) is 2.43. The second kappa shape index (κ2) is 6.86. The summed E-state index contributed by atoms with van der Waals surface area (Å²) in [5.41, 5.74) is 2.36. The van der Waals surface area contributed by atoms with Gasteiger partial charge in [-0.1, -0.05) is 13.0 Å². The highest BCUT2D eigenvalue weighted by atomic mass is 16.5. The molecule has 0 aliphatic carbocycles. The van der Waals surface area contributed by atoms with E-state index >= 15 is 0 Å². The van der Waals surface area contributed by atoms with Gasteiger partial charge in [-0.3, -0.25) is 4.98 Å². The fraction of sp³-hybridized carbons (Fsp3) is 0.667. The Balaban J connectivity index is 2.00. The molecule has 0 radical (unpaired) electrons. The first-order valence-electron chi connectivity index (χ1n) is 7.07. The molecule has 0 aromatic carbocycles. The molecule has 2 rings (SSSR count). The molecule has 0 spiro atoms. The molecule has 0 saturated carbocycles. The monoisotopic (exact) mass is 248 g/mol. The van der Waals surface area contributed by atoms with Crippen LogP contribution in [0.4, 0.5) is 0 Å². The predicted octanol–water partition coefficient (Wildman–Crippen LogP) is 3.00. The van der Waals surface area contributed by atoms with Crippen LogP contribution in [0.25, 0.3) is 0 Å². The molecule has 0 bridgehead atoms. The third-order valence-electron chi connectivity index (χ3n) is 3.50. The summed E-state index contributed by atoms with van der Waals surface area (Å²) in [6, 6.07) is 4.65. The van der Waals surface area contributed by atoms with Gasteiger partial charge in [0, 0.05) is 24.5 Å². The number of nitrogens with one attached hydrogen (secondary N) is 1. The first-order chi connectivity index (χ1) is 8.79. The summed E-state index contributed by atoms with van der Waals surface area (Å²) < 4.78 is 5.75. The van der Waals surface area contributed by atoms with Crippen LogP contribution < -0.4 is 5.32 Å². The minimum atomic E-state index is 0.376. The molecule has 1 aliphatic heterocycles. The highest BCUT2D eigenvalue weighted by Crippen LogP contribution is 2.24. The largest absolute Gasteiger partial charge is 0.378 e. The first kappa shape index (κ1) is 13.5. The molecular weight excluding hydrogens is 224 g/mol. The zero-order valence-corrected chi connectivity index (χ0v) is 11.5. The molecule has 0 amide bonds. The number of hydrogen-bond acceptors (Lipinski definition) is 3. The van der Waals surface area contributed by atoms with Gasteiger partial charge in [0.1, 0.15) is 0 Å². The van der Waals surface area contributed by atoms with Crippen LogP contribution in [0.3, 0.4) is 0 Å². The van der Waals surface area contributed by atoms with Crippen molar-refractivity contribution in [2.24, 2.45) is 0 Å². The van der Waals surface area contributed by atoms with E-state index in [2.05, 4.69) is 29.4 Å². The third kappa shape index (κ3) is 3.79. The maximum Gasteiger partial charge on any atom is 0.0594 e. The van der Waals surface area contributed by atoms with E-state index < -0.39 is 0 Å². The lowest BCUT2D eigenvalue weighted by atomic mass is 10.0. The molecule has 1 aliphatic rings. The zero-order chi connectivity index (χ0) is 12.8. The van der Waals surface area contributed by atoms with E-state index in [1.807, 2.05) is 13.1 Å². The first-order valence-corrected chi connectivity index (χ1v) is 7.07. The van der Waals surface area contributed by atoms with Crippen molar-refractivity contribution in [1.29, 1.82) is 0 Å². The summed E-state index contributed by atoms with van der Waals surface area (Å²) in [5.74, 6) is 0. The number of ether oxygens (including phenoxy) is 1. The Morgan fingerprint density at radius 3 is 3.00 bits per heavy atom. The molecule has 1 fully saturated rings. The standard InChI is InChI=1S/C15H24N2O/c1-3-8-16-15(10-14-5-4-9-18-14)13-7-6-12(2)17-11-13/h6-7,11,14-16H,3-5,8-10H2,1-2H3. The van der Waals surface area contributed by atoms with E-state index in [9.17, 15) is 0 Å². The van der Waals surface area contributed by atoms with Crippen molar-refractivity contribution in [3.8, 4) is 0 Å². The van der Waals surface area contributed by atoms with Gasteiger partial charge < -0.3 is 10.1 Å². The van der Waals surface area contributed by atoms with Crippen LogP contribution in [-0.2, 0) is 4.74 Å². The molecule has 1 aromatic heterocycles. The minimum absolute atomic E-state index is 0.376. The van der Waals surface area contributed by atoms with Crippen molar-refractivity contribution < 1.29 is 4.74 Å². The molecular formula is C15H24N2O. The van der Waals surface area contributed by atoms with Gasteiger partial charge in [0.15, 0.2) is 0 Å². The van der Waals surface area contributed by atoms with Crippen LogP contribution >= 0.6 is 0 Å². The van der Waals surface area contributed by atoms with E-state index in [1.165, 1.54) is 18.4 Å². The van der Waals surface area contributed by atoms with Gasteiger partial charge in [-0.25, -0.2) is 0 Å². The number of aromatic nitrogens is 1. The van der Waals surface area contributed by atoms with Gasteiger partial charge in [0.25, 0.3) is 0 Å². The zero-order valence-electron chi connectivity index (χ0n) is 11.5. The van der Waals surface area contributed by atoms with Gasteiger partial charge >= 0.3 is 0 Å². The lowest BCUT2D eigenvalue weighted by Crippen LogP contribution is -2.26. The molecule has 1 N–H and O–H groups in total. The van der Waals surface area contributed by atoms with Gasteiger partial charge in [0.05, 0.1) is 6.10 Å². The molecule has 1 saturated heterocycles. The summed E-state index contributed by atoms with van der Waals surface area (Å²) in [7, 11) is 0. The minimum Gasteiger partial charge on any atom is -0.378 e. The Bertz CT molecular complexity index is 344. The lowest BCUT2D eigenvalue weighted by Gasteiger charge is -2.22. The second-order valence-corrected chi connectivity index (χ2v) is 5.11. The molecule has 3 nitrogen and oxygen atoms in total. The van der Waals surface area contributed by atoms with Crippen LogP contribution in [0.1, 0.15) is 49.9 Å². The smallest absolute Gasteiger partial charge is 0.0594 e. The Morgan fingerprint density at radius 2 is 2.39 bits per heavy atom. The second-order valence-electron chi connectivity index (χ2n) is 5.11. The summed E-state index contributed by atoms with van der Waals surface area (Å²) in [5, 5.41) is 3.61. The molecule has 2 unspecified atom stereocenters. The van der Waals surface area contributed by atoms with E-state index in [0.29, 0.717) is 12.1 Å². The Kier molecular flexibility index (Phi) is 5.14.